The molecule has 0 fully saturated rings. The first-order valence-corrected chi connectivity index (χ1v) is 18.0. The molecule has 1 atom stereocenters. The zero-order chi connectivity index (χ0) is 31.2. The molecule has 1 aliphatic carbocycles. The third-order valence-electron chi connectivity index (χ3n) is 9.10. The Labute approximate surface area is 268 Å². The molecule has 0 heterocycles. The van der Waals surface area contributed by atoms with Crippen molar-refractivity contribution in [3.05, 3.63) is 59.7 Å². The molecule has 0 aromatic heterocycles. The zero-order valence-electron chi connectivity index (χ0n) is 27.8. The fourth-order valence-electron chi connectivity index (χ4n) is 6.46. The lowest BCUT2D eigenvalue weighted by molar-refractivity contribution is -0.121. The summed E-state index contributed by atoms with van der Waals surface area (Å²) in [5.74, 6) is 0.242. The fraction of sp³-hybridized carbons (Fsp3) is 0.641. The van der Waals surface area contributed by atoms with Crippen LogP contribution in [-0.4, -0.2) is 31.2 Å². The molecule has 0 saturated carbocycles. The number of rotatable bonds is 24. The number of unbranched alkanes of at least 4 members (excludes halogenated alkanes) is 15. The summed E-state index contributed by atoms with van der Waals surface area (Å²) >= 11 is 0. The molecule has 2 N–H and O–H groups in total. The average molecular weight is 605 g/mol. The Balaban J connectivity index is 1.11. The predicted molar refractivity (Wildman–Crippen MR) is 184 cm³/mol. The molecular weight excluding hydrogens is 544 g/mol. The summed E-state index contributed by atoms with van der Waals surface area (Å²) in [7, 11) is 0. The van der Waals surface area contributed by atoms with Crippen molar-refractivity contribution in [3.63, 3.8) is 0 Å². The van der Waals surface area contributed by atoms with Gasteiger partial charge in [0.05, 0.1) is 0 Å². The van der Waals surface area contributed by atoms with Crippen LogP contribution in [0, 0.1) is 0 Å². The number of nitrogens with one attached hydrogen (secondary N) is 2. The quantitative estimate of drug-likeness (QED) is 0.117. The summed E-state index contributed by atoms with van der Waals surface area (Å²) in [6.45, 7) is 5.32. The number of carbonyl (C=O) groups excluding carboxylic acids is 2. The topological polar surface area (TPSA) is 67.4 Å². The zero-order valence-corrected chi connectivity index (χ0v) is 27.8. The maximum Gasteiger partial charge on any atom is 0.407 e. The number of hydrogen-bond donors (Lipinski definition) is 2. The molecule has 0 aliphatic heterocycles. The number of benzene rings is 2. The van der Waals surface area contributed by atoms with Gasteiger partial charge in [-0.2, -0.15) is 0 Å². The summed E-state index contributed by atoms with van der Waals surface area (Å²) in [4.78, 5) is 24.7. The Morgan fingerprint density at radius 2 is 1.18 bits per heavy atom. The number of hydrogen-bond acceptors (Lipinski definition) is 3. The lowest BCUT2D eigenvalue weighted by Gasteiger charge is -2.17. The van der Waals surface area contributed by atoms with Crippen molar-refractivity contribution < 1.29 is 14.3 Å². The van der Waals surface area contributed by atoms with Crippen molar-refractivity contribution in [1.82, 2.24) is 10.6 Å². The SMILES string of the molecule is CCCCCCCCCCCCCCCCCC(=O)NCCCC[C@H](C)NC(=O)OCC1c2ccccc2-c2ccccc21. The van der Waals surface area contributed by atoms with Crippen LogP contribution in [0.25, 0.3) is 11.1 Å². The van der Waals surface area contributed by atoms with Crippen molar-refractivity contribution in [2.75, 3.05) is 13.2 Å². The standard InChI is InChI=1S/C39H60N2O3/c1-3-4-5-6-7-8-9-10-11-12-13-14-15-16-17-29-38(42)40-30-23-22-24-32(2)41-39(43)44-31-37-35-27-20-18-25-33(35)34-26-19-21-28-36(34)37/h18-21,25-28,32,37H,3-17,22-24,29-31H2,1-2H3,(H,40,42)(H,41,43)/t32-/m0/s1. The lowest BCUT2D eigenvalue weighted by Crippen LogP contribution is -2.34. The number of alkyl carbamates (subject to hydrolysis) is 1. The summed E-state index contributed by atoms with van der Waals surface area (Å²) in [6.07, 6.45) is 23.1. The highest BCUT2D eigenvalue weighted by Crippen LogP contribution is 2.44. The van der Waals surface area contributed by atoms with Crippen molar-refractivity contribution in [3.8, 4) is 11.1 Å². The Morgan fingerprint density at radius 1 is 0.682 bits per heavy atom. The van der Waals surface area contributed by atoms with Gasteiger partial charge in [-0.3, -0.25) is 4.79 Å². The van der Waals surface area contributed by atoms with E-state index in [-0.39, 0.29) is 24.0 Å². The second-order valence-corrected chi connectivity index (χ2v) is 12.9. The van der Waals surface area contributed by atoms with Crippen LogP contribution in [0.4, 0.5) is 4.79 Å². The number of ether oxygens (including phenoxy) is 1. The van der Waals surface area contributed by atoms with Gasteiger partial charge in [0.1, 0.15) is 6.61 Å². The first-order valence-electron chi connectivity index (χ1n) is 18.0. The van der Waals surface area contributed by atoms with E-state index in [4.69, 9.17) is 4.74 Å². The van der Waals surface area contributed by atoms with Crippen LogP contribution in [0.3, 0.4) is 0 Å². The van der Waals surface area contributed by atoms with Gasteiger partial charge in [-0.25, -0.2) is 4.79 Å². The van der Waals surface area contributed by atoms with Crippen LogP contribution in [-0.2, 0) is 9.53 Å². The van der Waals surface area contributed by atoms with Crippen LogP contribution >= 0.6 is 0 Å². The monoisotopic (exact) mass is 604 g/mol. The second kappa shape index (κ2) is 21.8. The molecule has 5 nitrogen and oxygen atoms in total. The van der Waals surface area contributed by atoms with E-state index in [1.165, 1.54) is 106 Å². The van der Waals surface area contributed by atoms with Crippen LogP contribution in [0.5, 0.6) is 0 Å². The molecule has 2 aromatic rings. The molecule has 0 saturated heterocycles. The normalized spacial score (nSPS) is 12.9. The number of amides is 2. The van der Waals surface area contributed by atoms with Crippen molar-refractivity contribution >= 4 is 12.0 Å². The minimum absolute atomic E-state index is 0.0293. The second-order valence-electron chi connectivity index (χ2n) is 12.9. The van der Waals surface area contributed by atoms with E-state index < -0.39 is 0 Å². The lowest BCUT2D eigenvalue weighted by atomic mass is 9.98. The summed E-state index contributed by atoms with van der Waals surface area (Å²) in [6, 6.07) is 16.8. The average Bonchev–Trinajstić information content (AvgIpc) is 3.35. The Bertz CT molecular complexity index is 1040. The minimum atomic E-state index is -0.365. The molecule has 2 aromatic carbocycles. The van der Waals surface area contributed by atoms with E-state index in [0.717, 1.165) is 32.1 Å². The largest absolute Gasteiger partial charge is 0.449 e. The van der Waals surface area contributed by atoms with E-state index in [9.17, 15) is 9.59 Å². The van der Waals surface area contributed by atoms with Crippen molar-refractivity contribution in [1.29, 1.82) is 0 Å². The van der Waals surface area contributed by atoms with Gasteiger partial charge in [0.25, 0.3) is 0 Å². The highest BCUT2D eigenvalue weighted by Gasteiger charge is 2.29. The fourth-order valence-corrected chi connectivity index (χ4v) is 6.46. The Morgan fingerprint density at radius 3 is 1.73 bits per heavy atom. The molecule has 0 spiro atoms. The smallest absolute Gasteiger partial charge is 0.407 e. The molecule has 1 aliphatic rings. The molecule has 0 bridgehead atoms. The number of carbonyl (C=O) groups is 2. The molecule has 2 amide bonds. The van der Waals surface area contributed by atoms with Gasteiger partial charge in [0.2, 0.25) is 5.91 Å². The molecule has 244 valence electrons. The van der Waals surface area contributed by atoms with Gasteiger partial charge in [0, 0.05) is 24.9 Å². The summed E-state index contributed by atoms with van der Waals surface area (Å²) < 4.78 is 5.67. The summed E-state index contributed by atoms with van der Waals surface area (Å²) in [5, 5.41) is 6.04. The first kappa shape index (κ1) is 35.7. The highest BCUT2D eigenvalue weighted by atomic mass is 16.5. The highest BCUT2D eigenvalue weighted by molar-refractivity contribution is 5.79. The molecular formula is C39H60N2O3. The molecule has 3 rings (SSSR count). The third-order valence-corrected chi connectivity index (χ3v) is 9.10. The van der Waals surface area contributed by atoms with Crippen molar-refractivity contribution in [2.45, 2.75) is 148 Å². The van der Waals surface area contributed by atoms with Gasteiger partial charge < -0.3 is 15.4 Å². The first-order chi connectivity index (χ1) is 21.6. The summed E-state index contributed by atoms with van der Waals surface area (Å²) in [5.41, 5.74) is 4.90. The van der Waals surface area contributed by atoms with Crippen molar-refractivity contribution in [2.24, 2.45) is 0 Å². The third kappa shape index (κ3) is 13.4. The van der Waals surface area contributed by atoms with Crippen LogP contribution < -0.4 is 10.6 Å². The molecule has 0 radical (unpaired) electrons. The van der Waals surface area contributed by atoms with Crippen LogP contribution in [0.15, 0.2) is 48.5 Å². The van der Waals surface area contributed by atoms with Crippen LogP contribution in [0.2, 0.25) is 0 Å². The Hall–Kier alpha value is -2.82. The van der Waals surface area contributed by atoms with Gasteiger partial charge in [-0.15, -0.1) is 0 Å². The van der Waals surface area contributed by atoms with Gasteiger partial charge >= 0.3 is 6.09 Å². The van der Waals surface area contributed by atoms with Crippen LogP contribution in [0.1, 0.15) is 153 Å². The van der Waals surface area contributed by atoms with Gasteiger partial charge in [-0.05, 0) is 54.9 Å². The Kier molecular flexibility index (Phi) is 17.7. The van der Waals surface area contributed by atoms with E-state index >= 15 is 0 Å². The maximum atomic E-state index is 12.5. The predicted octanol–water partition coefficient (Wildman–Crippen LogP) is 10.5. The van der Waals surface area contributed by atoms with E-state index in [0.29, 0.717) is 19.6 Å². The van der Waals surface area contributed by atoms with Gasteiger partial charge in [0.15, 0.2) is 0 Å². The minimum Gasteiger partial charge on any atom is -0.449 e. The van der Waals surface area contributed by atoms with Gasteiger partial charge in [-0.1, -0.05) is 145 Å². The maximum absolute atomic E-state index is 12.5. The number of fused-ring (bicyclic) bond motifs is 3. The van der Waals surface area contributed by atoms with E-state index in [1.807, 2.05) is 19.1 Å². The molecule has 44 heavy (non-hydrogen) atoms. The van der Waals surface area contributed by atoms with E-state index in [2.05, 4.69) is 54.0 Å². The van der Waals surface area contributed by atoms with E-state index in [1.54, 1.807) is 0 Å². The molecule has 5 heteroatoms. The molecule has 0 unspecified atom stereocenters.